The highest BCUT2D eigenvalue weighted by atomic mass is 16.7. The van der Waals surface area contributed by atoms with E-state index in [1.807, 2.05) is 0 Å². The normalized spacial score (nSPS) is 20.1. The maximum absolute atomic E-state index is 12.3. The van der Waals surface area contributed by atoms with E-state index in [2.05, 4.69) is 12.2 Å². The molecule has 1 aliphatic carbocycles. The number of benzene rings is 1. The molecule has 19 heavy (non-hydrogen) atoms. The molecule has 0 aromatic heterocycles. The van der Waals surface area contributed by atoms with E-state index in [1.54, 1.807) is 18.2 Å². The van der Waals surface area contributed by atoms with E-state index in [-0.39, 0.29) is 18.2 Å². The zero-order valence-corrected chi connectivity index (χ0v) is 11.2. The minimum atomic E-state index is -0.0638. The van der Waals surface area contributed by atoms with Crippen molar-refractivity contribution in [1.82, 2.24) is 5.32 Å². The average molecular weight is 261 g/mol. The molecule has 0 bridgehead atoms. The highest BCUT2D eigenvalue weighted by Gasteiger charge is 2.29. The molecule has 1 saturated carbocycles. The number of amides is 1. The topological polar surface area (TPSA) is 47.6 Å². The predicted octanol–water partition coefficient (Wildman–Crippen LogP) is 2.87. The molecule has 1 amide bonds. The Morgan fingerprint density at radius 3 is 2.68 bits per heavy atom. The Balaban J connectivity index is 1.73. The van der Waals surface area contributed by atoms with Gasteiger partial charge in [-0.25, -0.2) is 0 Å². The molecule has 1 N–H and O–H groups in total. The maximum atomic E-state index is 12.3. The van der Waals surface area contributed by atoms with E-state index in [0.717, 1.165) is 12.8 Å². The van der Waals surface area contributed by atoms with Crippen molar-refractivity contribution in [1.29, 1.82) is 0 Å². The van der Waals surface area contributed by atoms with Crippen molar-refractivity contribution in [2.75, 3.05) is 6.79 Å². The van der Waals surface area contributed by atoms with Crippen molar-refractivity contribution in [3.05, 3.63) is 23.8 Å². The summed E-state index contributed by atoms with van der Waals surface area (Å²) < 4.78 is 10.6. The quantitative estimate of drug-likeness (QED) is 0.890. The van der Waals surface area contributed by atoms with Crippen LogP contribution in [0.5, 0.6) is 11.5 Å². The highest BCUT2D eigenvalue weighted by Crippen LogP contribution is 2.33. The summed E-state index contributed by atoms with van der Waals surface area (Å²) in [7, 11) is 0. The lowest BCUT2D eigenvalue weighted by Gasteiger charge is -2.34. The van der Waals surface area contributed by atoms with Gasteiger partial charge in [0, 0.05) is 11.1 Å². The molecule has 2 aliphatic rings. The lowest BCUT2D eigenvalue weighted by Crippen LogP contribution is -2.47. The molecule has 1 aliphatic heterocycles. The molecule has 102 valence electrons. The Hall–Kier alpha value is -1.71. The van der Waals surface area contributed by atoms with Crippen LogP contribution in [0.3, 0.4) is 0 Å². The van der Waals surface area contributed by atoms with Gasteiger partial charge in [-0.3, -0.25) is 4.79 Å². The molecule has 1 aromatic carbocycles. The number of ether oxygens (including phenoxy) is 2. The van der Waals surface area contributed by atoms with Crippen LogP contribution in [0.4, 0.5) is 0 Å². The fourth-order valence-electron chi connectivity index (χ4n) is 2.84. The first-order valence-electron chi connectivity index (χ1n) is 6.88. The molecule has 1 heterocycles. The standard InChI is InChI=1S/C15H19NO3/c1-15(7-3-2-4-8-15)16-14(17)11-5-6-12-13(9-11)19-10-18-12/h5-6,9H,2-4,7-8,10H2,1H3,(H,16,17). The number of carbonyl (C=O) groups is 1. The predicted molar refractivity (Wildman–Crippen MR) is 71.5 cm³/mol. The van der Waals surface area contributed by atoms with Gasteiger partial charge < -0.3 is 14.8 Å². The molecule has 1 fully saturated rings. The molecule has 0 unspecified atom stereocenters. The Bertz CT molecular complexity index is 492. The van der Waals surface area contributed by atoms with Gasteiger partial charge in [0.25, 0.3) is 5.91 Å². The summed E-state index contributed by atoms with van der Waals surface area (Å²) in [4.78, 5) is 12.3. The third-order valence-electron chi connectivity index (χ3n) is 4.01. The average Bonchev–Trinajstić information content (AvgIpc) is 2.86. The van der Waals surface area contributed by atoms with Gasteiger partial charge in [0.2, 0.25) is 6.79 Å². The lowest BCUT2D eigenvalue weighted by molar-refractivity contribution is 0.0882. The third-order valence-corrected chi connectivity index (χ3v) is 4.01. The molecule has 4 nitrogen and oxygen atoms in total. The summed E-state index contributed by atoms with van der Waals surface area (Å²) in [6.07, 6.45) is 5.78. The summed E-state index contributed by atoms with van der Waals surface area (Å²) >= 11 is 0. The van der Waals surface area contributed by atoms with Gasteiger partial charge in [0.1, 0.15) is 0 Å². The Morgan fingerprint density at radius 1 is 1.16 bits per heavy atom. The number of hydrogen-bond acceptors (Lipinski definition) is 3. The number of nitrogens with one attached hydrogen (secondary N) is 1. The van der Waals surface area contributed by atoms with Crippen LogP contribution in [0.15, 0.2) is 18.2 Å². The Kier molecular flexibility index (Phi) is 3.09. The first-order valence-corrected chi connectivity index (χ1v) is 6.88. The summed E-state index contributed by atoms with van der Waals surface area (Å²) in [6, 6.07) is 5.33. The minimum absolute atomic E-state index is 0.0253. The van der Waals surface area contributed by atoms with Crippen molar-refractivity contribution in [2.45, 2.75) is 44.6 Å². The van der Waals surface area contributed by atoms with E-state index in [9.17, 15) is 4.79 Å². The lowest BCUT2D eigenvalue weighted by atomic mass is 9.83. The Labute approximate surface area is 113 Å². The molecular weight excluding hydrogens is 242 g/mol. The summed E-state index contributed by atoms with van der Waals surface area (Å²) in [5, 5.41) is 3.17. The van der Waals surface area contributed by atoms with Crippen molar-refractivity contribution in [2.24, 2.45) is 0 Å². The van der Waals surface area contributed by atoms with Crippen LogP contribution in [0.1, 0.15) is 49.4 Å². The van der Waals surface area contributed by atoms with Crippen LogP contribution in [-0.2, 0) is 0 Å². The number of carbonyl (C=O) groups excluding carboxylic acids is 1. The molecule has 1 aromatic rings. The second-order valence-corrected chi connectivity index (χ2v) is 5.64. The van der Waals surface area contributed by atoms with Gasteiger partial charge in [0.15, 0.2) is 11.5 Å². The van der Waals surface area contributed by atoms with Crippen molar-refractivity contribution in [3.8, 4) is 11.5 Å². The summed E-state index contributed by atoms with van der Waals surface area (Å²) in [6.45, 7) is 2.37. The molecule has 0 atom stereocenters. The van der Waals surface area contributed by atoms with Crippen LogP contribution in [0, 0.1) is 0 Å². The van der Waals surface area contributed by atoms with E-state index >= 15 is 0 Å². The first kappa shape index (κ1) is 12.3. The van der Waals surface area contributed by atoms with Crippen LogP contribution < -0.4 is 14.8 Å². The molecule has 3 rings (SSSR count). The smallest absolute Gasteiger partial charge is 0.251 e. The highest BCUT2D eigenvalue weighted by molar-refractivity contribution is 5.95. The van der Waals surface area contributed by atoms with Crippen molar-refractivity contribution >= 4 is 5.91 Å². The molecule has 0 radical (unpaired) electrons. The molecule has 4 heteroatoms. The van der Waals surface area contributed by atoms with Crippen LogP contribution >= 0.6 is 0 Å². The Morgan fingerprint density at radius 2 is 1.89 bits per heavy atom. The van der Waals surface area contributed by atoms with Gasteiger partial charge in [-0.15, -0.1) is 0 Å². The van der Waals surface area contributed by atoms with Crippen LogP contribution in [0.2, 0.25) is 0 Å². The monoisotopic (exact) mass is 261 g/mol. The largest absolute Gasteiger partial charge is 0.454 e. The molecular formula is C15H19NO3. The van der Waals surface area contributed by atoms with Gasteiger partial charge in [0.05, 0.1) is 0 Å². The number of fused-ring (bicyclic) bond motifs is 1. The van der Waals surface area contributed by atoms with E-state index < -0.39 is 0 Å². The third kappa shape index (κ3) is 2.53. The van der Waals surface area contributed by atoms with Crippen molar-refractivity contribution in [3.63, 3.8) is 0 Å². The first-order chi connectivity index (χ1) is 9.16. The molecule has 0 spiro atoms. The van der Waals surface area contributed by atoms with Gasteiger partial charge in [-0.1, -0.05) is 19.3 Å². The number of hydrogen-bond donors (Lipinski definition) is 1. The SMILES string of the molecule is CC1(NC(=O)c2ccc3c(c2)OCO3)CCCCC1. The van der Waals surface area contributed by atoms with Crippen LogP contribution in [-0.4, -0.2) is 18.2 Å². The zero-order valence-electron chi connectivity index (χ0n) is 11.2. The maximum Gasteiger partial charge on any atom is 0.251 e. The van der Waals surface area contributed by atoms with Crippen LogP contribution in [0.25, 0.3) is 0 Å². The number of rotatable bonds is 2. The summed E-state index contributed by atoms with van der Waals surface area (Å²) in [5.41, 5.74) is 0.571. The van der Waals surface area contributed by atoms with Gasteiger partial charge >= 0.3 is 0 Å². The van der Waals surface area contributed by atoms with Gasteiger partial charge in [-0.2, -0.15) is 0 Å². The minimum Gasteiger partial charge on any atom is -0.454 e. The van der Waals surface area contributed by atoms with Gasteiger partial charge in [-0.05, 0) is 38.0 Å². The fraction of sp³-hybridized carbons (Fsp3) is 0.533. The zero-order chi connectivity index (χ0) is 13.3. The second-order valence-electron chi connectivity index (χ2n) is 5.64. The van der Waals surface area contributed by atoms with E-state index in [4.69, 9.17) is 9.47 Å². The molecule has 0 saturated heterocycles. The fourth-order valence-corrected chi connectivity index (χ4v) is 2.84. The second kappa shape index (κ2) is 4.76. The summed E-state index contributed by atoms with van der Waals surface area (Å²) in [5.74, 6) is 1.34. The van der Waals surface area contributed by atoms with Crippen molar-refractivity contribution < 1.29 is 14.3 Å². The van der Waals surface area contributed by atoms with E-state index in [0.29, 0.717) is 17.1 Å². The van der Waals surface area contributed by atoms with E-state index in [1.165, 1.54) is 19.3 Å².